The molecule has 3 aliphatic rings. The van der Waals surface area contributed by atoms with Crippen molar-refractivity contribution in [2.75, 3.05) is 5.32 Å². The average molecular weight is 561 g/mol. The van der Waals surface area contributed by atoms with E-state index >= 15 is 0 Å². The number of nitrogens with two attached hydrogens (primary N) is 1. The summed E-state index contributed by atoms with van der Waals surface area (Å²) >= 11 is 0.880. The maximum atomic E-state index is 14.7. The van der Waals surface area contributed by atoms with E-state index in [2.05, 4.69) is 15.5 Å². The topological polar surface area (TPSA) is 93.0 Å². The van der Waals surface area contributed by atoms with Gasteiger partial charge in [0, 0.05) is 0 Å². The monoisotopic (exact) mass is 561 g/mol. The normalized spacial score (nSPS) is 24.6. The van der Waals surface area contributed by atoms with E-state index in [4.69, 9.17) is 17.2 Å². The first-order valence-corrected chi connectivity index (χ1v) is 15.0. The summed E-state index contributed by atoms with van der Waals surface area (Å²) in [6.07, 6.45) is 4.54. The van der Waals surface area contributed by atoms with Gasteiger partial charge in [0.1, 0.15) is 0 Å². The third-order valence-corrected chi connectivity index (χ3v) is 9.92. The number of aromatic nitrogens is 2. The van der Waals surface area contributed by atoms with Gasteiger partial charge < -0.3 is 10.5 Å². The molecule has 1 aromatic heterocycles. The fourth-order valence-corrected chi connectivity index (χ4v) is 8.15. The average Bonchev–Trinajstić information content (AvgIpc) is 3.51. The molecule has 1 saturated carbocycles. The molecule has 1 radical (unpaired) electrons. The minimum atomic E-state index is -0.741. The van der Waals surface area contributed by atoms with E-state index in [9.17, 15) is 9.18 Å². The van der Waals surface area contributed by atoms with E-state index in [0.717, 1.165) is 74.0 Å². The van der Waals surface area contributed by atoms with Crippen LogP contribution in [-0.2, 0) is 16.2 Å². The summed E-state index contributed by atoms with van der Waals surface area (Å²) < 4.78 is 22.9. The summed E-state index contributed by atoms with van der Waals surface area (Å²) in [5.74, 6) is 1.86. The predicted molar refractivity (Wildman–Crippen MR) is 119 cm³/mol. The van der Waals surface area contributed by atoms with Crippen LogP contribution in [0.4, 0.5) is 20.7 Å². The van der Waals surface area contributed by atoms with Crippen molar-refractivity contribution < 1.29 is 58.1 Å². The molecular weight excluding hydrogens is 533 g/mol. The van der Waals surface area contributed by atoms with Crippen LogP contribution in [-0.4, -0.2) is 29.1 Å². The molecular formula is C21H27BFN4O2SXe. The van der Waals surface area contributed by atoms with Gasteiger partial charge in [0.05, 0.1) is 0 Å². The summed E-state index contributed by atoms with van der Waals surface area (Å²) in [6, 6.07) is 5.53. The molecule has 1 aliphatic carbocycles. The summed E-state index contributed by atoms with van der Waals surface area (Å²) in [5, 5.41) is 10.3. The standard InChI is InChI=1S/C17H19BFN4O2S.C4H8Xe/c18-26-7-10-2-4-13(16(19)12(10)8-26)21-15-6-14(22-23-15)9-1-3-11(5-9)25-17(20)24;1-2-4-5-3-1/h2,4,6,9,11H,1,3,5,7-8H2,(H2,20,24)(H2,21,22,23);1-4H2. The van der Waals surface area contributed by atoms with E-state index in [1.165, 1.54) is 0 Å². The molecule has 3 atom stereocenters. The Morgan fingerprint density at radius 1 is 1.32 bits per heavy atom. The number of H-pyrrole nitrogens is 1. The van der Waals surface area contributed by atoms with Crippen LogP contribution >= 0.6 is 10.3 Å². The Morgan fingerprint density at radius 3 is 2.84 bits per heavy atom. The number of aromatic amines is 1. The number of rotatable bonds is 4. The molecule has 0 spiro atoms. The number of carbonyl (C=O) groups excluding carboxylic acids is 1. The molecule has 3 unspecified atom stereocenters. The Morgan fingerprint density at radius 2 is 2.13 bits per heavy atom. The second kappa shape index (κ2) is 11.0. The second-order valence-electron chi connectivity index (χ2n) is 8.03. The van der Waals surface area contributed by atoms with Crippen LogP contribution in [0.5, 0.6) is 0 Å². The summed E-state index contributed by atoms with van der Waals surface area (Å²) in [6.45, 7) is 5.96. The van der Waals surface area contributed by atoms with Crippen molar-refractivity contribution in [3.63, 3.8) is 0 Å². The number of anilines is 2. The van der Waals surface area contributed by atoms with Crippen LogP contribution in [0.2, 0.25) is 1.78 Å². The summed E-state index contributed by atoms with van der Waals surface area (Å²) in [4.78, 5) is 10.9. The van der Waals surface area contributed by atoms with Crippen LogP contribution in [0, 0.1) is 50.0 Å². The molecule has 1 amide bonds. The molecule has 5 rings (SSSR count). The minimum absolute atomic E-state index is 0.156. The Bertz CT molecular complexity index is 961. The van der Waals surface area contributed by atoms with Crippen molar-refractivity contribution in [3.05, 3.63) is 40.8 Å². The number of carbonyl (C=O) groups is 1. The van der Waals surface area contributed by atoms with Crippen molar-refractivity contribution in [1.29, 1.82) is 0 Å². The zero-order valence-corrected chi connectivity index (χ0v) is 20.1. The number of primary amides is 1. The summed E-state index contributed by atoms with van der Waals surface area (Å²) in [5.41, 5.74) is 8.12. The van der Waals surface area contributed by atoms with Crippen molar-refractivity contribution in [2.24, 2.45) is 5.73 Å². The molecule has 10 heteroatoms. The number of fused-ring (bicyclic) bond motifs is 1. The molecule has 6 nitrogen and oxygen atoms in total. The number of benzene rings is 1. The quantitative estimate of drug-likeness (QED) is 0.454. The number of hydrogen-bond acceptors (Lipinski definition) is 4. The Labute approximate surface area is 210 Å². The summed E-state index contributed by atoms with van der Waals surface area (Å²) in [7, 11) is -0.274. The first kappa shape index (κ1) is 23.6. The molecule has 2 aromatic rings. The molecule has 167 valence electrons. The molecule has 2 aliphatic heterocycles. The Balaban J connectivity index is 0.000000407. The van der Waals surface area contributed by atoms with E-state index in [-0.39, 0.29) is 28.2 Å². The third kappa shape index (κ3) is 6.26. The van der Waals surface area contributed by atoms with E-state index < -0.39 is 6.09 Å². The molecule has 31 heavy (non-hydrogen) atoms. The van der Waals surface area contributed by atoms with Gasteiger partial charge >= 0.3 is 197 Å². The van der Waals surface area contributed by atoms with Crippen molar-refractivity contribution >= 4 is 34.6 Å². The van der Waals surface area contributed by atoms with Gasteiger partial charge in [-0.15, -0.1) is 0 Å². The fourth-order valence-electron chi connectivity index (χ4n) is 4.17. The number of nitrogens with one attached hydrogen (secondary N) is 2. The van der Waals surface area contributed by atoms with Crippen molar-refractivity contribution in [3.8, 4) is 0 Å². The molecule has 4 N–H and O–H groups in total. The van der Waals surface area contributed by atoms with Gasteiger partial charge in [0.15, 0.2) is 0 Å². The molecule has 0 bridgehead atoms. The van der Waals surface area contributed by atoms with E-state index in [1.807, 2.05) is 12.1 Å². The number of hydrogen-bond donors (Lipinski definition) is 3. The zero-order valence-electron chi connectivity index (χ0n) is 17.3. The zero-order chi connectivity index (χ0) is 21.8. The fraction of sp³-hybridized carbons (Fsp3) is 0.524. The first-order valence-electron chi connectivity index (χ1n) is 10.5. The first-order chi connectivity index (χ1) is 15.0. The molecule has 2 fully saturated rings. The molecule has 1 aromatic carbocycles. The molecule has 1 saturated heterocycles. The SMILES string of the molecule is C1CC[Xe]C1.[B]=S1Cc2ccc(Nc3cc(C4CCC(OC(N)=O)C4)[nH]n3)c(F)c2C1. The van der Waals surface area contributed by atoms with E-state index in [1.54, 1.807) is 20.7 Å². The van der Waals surface area contributed by atoms with Gasteiger partial charge in [-0.3, -0.25) is 0 Å². The number of ether oxygens (including phenoxy) is 1. The van der Waals surface area contributed by atoms with Crippen LogP contribution in [0.15, 0.2) is 18.2 Å². The van der Waals surface area contributed by atoms with Crippen molar-refractivity contribution in [1.82, 2.24) is 10.2 Å². The van der Waals surface area contributed by atoms with Gasteiger partial charge in [-0.25, -0.2) is 4.79 Å². The van der Waals surface area contributed by atoms with Crippen LogP contribution < -0.4 is 11.1 Å². The van der Waals surface area contributed by atoms with Gasteiger partial charge in [0.25, 0.3) is 0 Å². The Hall–Kier alpha value is -0.584. The van der Waals surface area contributed by atoms with Crippen LogP contribution in [0.1, 0.15) is 54.8 Å². The maximum absolute atomic E-state index is 14.7. The predicted octanol–water partition coefficient (Wildman–Crippen LogP) is 5.09. The Kier molecular flexibility index (Phi) is 8.38. The van der Waals surface area contributed by atoms with Crippen molar-refractivity contribution in [2.45, 2.75) is 57.4 Å². The van der Waals surface area contributed by atoms with Gasteiger partial charge in [-0.05, 0) is 0 Å². The van der Waals surface area contributed by atoms with Gasteiger partial charge in [-0.2, -0.15) is 0 Å². The van der Waals surface area contributed by atoms with Gasteiger partial charge in [-0.1, -0.05) is 0 Å². The van der Waals surface area contributed by atoms with Crippen LogP contribution in [0.25, 0.3) is 0 Å². The van der Waals surface area contributed by atoms with Crippen LogP contribution in [0.3, 0.4) is 0 Å². The van der Waals surface area contributed by atoms with E-state index in [0.29, 0.717) is 29.2 Å². The number of nitrogens with zero attached hydrogens (tertiary/aromatic N) is 1. The number of amides is 1. The molecule has 3 heterocycles. The number of halogens is 1. The third-order valence-electron chi connectivity index (χ3n) is 5.73. The van der Waals surface area contributed by atoms with Gasteiger partial charge in [0.2, 0.25) is 0 Å². The second-order valence-corrected chi connectivity index (χ2v) is 12.7.